The van der Waals surface area contributed by atoms with Crippen LogP contribution in [0, 0.1) is 5.92 Å². The van der Waals surface area contributed by atoms with Crippen molar-refractivity contribution in [2.24, 2.45) is 5.92 Å². The van der Waals surface area contributed by atoms with Gasteiger partial charge in [-0.2, -0.15) is 13.2 Å². The Morgan fingerprint density at radius 2 is 1.79 bits per heavy atom. The average molecular weight is 459 g/mol. The third kappa shape index (κ3) is 5.35. The topological polar surface area (TPSA) is 69.7 Å². The van der Waals surface area contributed by atoms with Gasteiger partial charge in [0.05, 0.1) is 11.5 Å². The lowest BCUT2D eigenvalue weighted by Gasteiger charge is -2.18. The molecule has 3 amide bonds. The Morgan fingerprint density at radius 1 is 1.03 bits per heavy atom. The van der Waals surface area contributed by atoms with Gasteiger partial charge in [0.2, 0.25) is 17.7 Å². The molecule has 1 unspecified atom stereocenters. The van der Waals surface area contributed by atoms with Crippen molar-refractivity contribution in [3.8, 4) is 0 Å². The van der Waals surface area contributed by atoms with Gasteiger partial charge in [0.15, 0.2) is 0 Å². The second-order valence-electron chi connectivity index (χ2n) is 8.41. The lowest BCUT2D eigenvalue weighted by atomic mass is 10.1. The van der Waals surface area contributed by atoms with Gasteiger partial charge in [-0.05, 0) is 41.8 Å². The van der Waals surface area contributed by atoms with Gasteiger partial charge in [0.1, 0.15) is 0 Å². The lowest BCUT2D eigenvalue weighted by Crippen LogP contribution is -2.32. The number of carbonyl (C=O) groups excluding carboxylic acids is 3. The van der Waals surface area contributed by atoms with Crippen LogP contribution >= 0.6 is 0 Å². The molecule has 2 aliphatic rings. The molecule has 2 aliphatic heterocycles. The number of halogens is 3. The van der Waals surface area contributed by atoms with E-state index in [0.29, 0.717) is 18.5 Å². The Hall–Kier alpha value is -3.36. The number of benzene rings is 2. The summed E-state index contributed by atoms with van der Waals surface area (Å²) in [5.74, 6) is -0.970. The second-order valence-corrected chi connectivity index (χ2v) is 8.41. The van der Waals surface area contributed by atoms with Gasteiger partial charge in [-0.15, -0.1) is 0 Å². The van der Waals surface area contributed by atoms with E-state index in [4.69, 9.17) is 0 Å². The number of alkyl halides is 3. The van der Waals surface area contributed by atoms with Crippen molar-refractivity contribution in [2.45, 2.75) is 38.5 Å². The maximum Gasteiger partial charge on any atom is 0.416 e. The van der Waals surface area contributed by atoms with Crippen molar-refractivity contribution in [1.82, 2.24) is 10.2 Å². The molecule has 0 radical (unpaired) electrons. The van der Waals surface area contributed by atoms with E-state index in [2.05, 4.69) is 5.32 Å². The van der Waals surface area contributed by atoms with Gasteiger partial charge in [-0.25, -0.2) is 0 Å². The van der Waals surface area contributed by atoms with Gasteiger partial charge >= 0.3 is 6.18 Å². The van der Waals surface area contributed by atoms with E-state index in [1.807, 2.05) is 24.3 Å². The largest absolute Gasteiger partial charge is 0.416 e. The molecule has 1 atom stereocenters. The fraction of sp³-hybridized carbons (Fsp3) is 0.375. The van der Waals surface area contributed by atoms with Crippen LogP contribution in [0.3, 0.4) is 0 Å². The zero-order valence-corrected chi connectivity index (χ0v) is 17.9. The molecule has 0 spiro atoms. The Bertz CT molecular complexity index is 1050. The molecule has 0 bridgehead atoms. The van der Waals surface area contributed by atoms with Crippen LogP contribution in [0.25, 0.3) is 0 Å². The Balaban J connectivity index is 1.30. The van der Waals surface area contributed by atoms with Crippen molar-refractivity contribution >= 4 is 23.4 Å². The summed E-state index contributed by atoms with van der Waals surface area (Å²) in [4.78, 5) is 39.9. The Kier molecular flexibility index (Phi) is 6.40. The standard InChI is InChI=1S/C24H24F3N3O3/c25-24(26,27)19-4-1-3-17(11-19)14-29-15-18(12-22(29)32)23(33)28-13-16-6-8-20(9-7-16)30-10-2-5-21(30)31/h1,3-4,6-9,11,18H,2,5,10,12-15H2,(H,28,33). The Labute approximate surface area is 189 Å². The van der Waals surface area contributed by atoms with E-state index in [1.54, 1.807) is 4.90 Å². The van der Waals surface area contributed by atoms with Gasteiger partial charge in [0.25, 0.3) is 0 Å². The van der Waals surface area contributed by atoms with E-state index in [9.17, 15) is 27.6 Å². The van der Waals surface area contributed by atoms with Crippen molar-refractivity contribution in [3.63, 3.8) is 0 Å². The number of carbonyl (C=O) groups is 3. The predicted octanol–water partition coefficient (Wildman–Crippen LogP) is 3.50. The summed E-state index contributed by atoms with van der Waals surface area (Å²) >= 11 is 0. The summed E-state index contributed by atoms with van der Waals surface area (Å²) in [6.45, 7) is 1.19. The monoisotopic (exact) mass is 459 g/mol. The smallest absolute Gasteiger partial charge is 0.352 e. The van der Waals surface area contributed by atoms with Crippen molar-refractivity contribution < 1.29 is 27.6 Å². The van der Waals surface area contributed by atoms with Crippen LogP contribution in [0.4, 0.5) is 18.9 Å². The van der Waals surface area contributed by atoms with Crippen molar-refractivity contribution in [3.05, 3.63) is 65.2 Å². The molecule has 2 fully saturated rings. The number of nitrogens with zero attached hydrogens (tertiary/aromatic N) is 2. The number of amides is 3. The highest BCUT2D eigenvalue weighted by Crippen LogP contribution is 2.30. The second kappa shape index (κ2) is 9.25. The van der Waals surface area contributed by atoms with Crippen molar-refractivity contribution in [1.29, 1.82) is 0 Å². The van der Waals surface area contributed by atoms with Crippen LogP contribution in [0.15, 0.2) is 48.5 Å². The highest BCUT2D eigenvalue weighted by Gasteiger charge is 2.35. The van der Waals surface area contributed by atoms with E-state index in [1.165, 1.54) is 17.0 Å². The van der Waals surface area contributed by atoms with Gasteiger partial charge in [-0.1, -0.05) is 24.3 Å². The highest BCUT2D eigenvalue weighted by molar-refractivity contribution is 5.95. The highest BCUT2D eigenvalue weighted by atomic mass is 19.4. The number of hydrogen-bond acceptors (Lipinski definition) is 3. The van der Waals surface area contributed by atoms with Crippen LogP contribution in [-0.2, 0) is 33.6 Å². The summed E-state index contributed by atoms with van der Waals surface area (Å²) in [6, 6.07) is 12.3. The fourth-order valence-electron chi connectivity index (χ4n) is 4.22. The first-order valence-corrected chi connectivity index (χ1v) is 10.8. The Morgan fingerprint density at radius 3 is 2.45 bits per heavy atom. The summed E-state index contributed by atoms with van der Waals surface area (Å²) in [7, 11) is 0. The van der Waals surface area contributed by atoms with Gasteiger partial charge in [0, 0.05) is 44.7 Å². The van der Waals surface area contributed by atoms with E-state index in [0.717, 1.165) is 29.8 Å². The van der Waals surface area contributed by atoms with Crippen LogP contribution in [0.5, 0.6) is 0 Å². The summed E-state index contributed by atoms with van der Waals surface area (Å²) < 4.78 is 38.8. The van der Waals surface area contributed by atoms with Crippen molar-refractivity contribution in [2.75, 3.05) is 18.0 Å². The van der Waals surface area contributed by atoms with Crippen LogP contribution < -0.4 is 10.2 Å². The third-order valence-electron chi connectivity index (χ3n) is 6.00. The minimum absolute atomic E-state index is 0.0286. The molecule has 2 aromatic carbocycles. The average Bonchev–Trinajstić information content (AvgIpc) is 3.37. The lowest BCUT2D eigenvalue weighted by molar-refractivity contribution is -0.137. The molecule has 6 nitrogen and oxygen atoms in total. The molecule has 0 saturated carbocycles. The maximum atomic E-state index is 12.9. The molecule has 2 saturated heterocycles. The fourth-order valence-corrected chi connectivity index (χ4v) is 4.22. The van der Waals surface area contributed by atoms with Crippen LogP contribution in [-0.4, -0.2) is 35.7 Å². The molecule has 0 aliphatic carbocycles. The maximum absolute atomic E-state index is 12.9. The van der Waals surface area contributed by atoms with Gasteiger partial charge < -0.3 is 15.1 Å². The number of nitrogens with one attached hydrogen (secondary N) is 1. The predicted molar refractivity (Wildman–Crippen MR) is 115 cm³/mol. The first-order valence-electron chi connectivity index (χ1n) is 10.8. The van der Waals surface area contributed by atoms with Gasteiger partial charge in [-0.3, -0.25) is 14.4 Å². The summed E-state index contributed by atoms with van der Waals surface area (Å²) in [5.41, 5.74) is 1.31. The first-order chi connectivity index (χ1) is 15.7. The first kappa shape index (κ1) is 22.8. The quantitative estimate of drug-likeness (QED) is 0.719. The number of anilines is 1. The minimum Gasteiger partial charge on any atom is -0.352 e. The SMILES string of the molecule is O=C(NCc1ccc(N2CCCC2=O)cc1)C1CC(=O)N(Cc2cccc(C(F)(F)F)c2)C1. The molecule has 2 heterocycles. The minimum atomic E-state index is -4.45. The van der Waals surface area contributed by atoms with E-state index < -0.39 is 17.7 Å². The molecule has 9 heteroatoms. The zero-order chi connectivity index (χ0) is 23.6. The number of rotatable bonds is 6. The molecule has 2 aromatic rings. The number of likely N-dealkylation sites (tertiary alicyclic amines) is 1. The molecular formula is C24H24F3N3O3. The number of hydrogen-bond donors (Lipinski definition) is 1. The molecule has 4 rings (SSSR count). The zero-order valence-electron chi connectivity index (χ0n) is 17.9. The normalized spacial score (nSPS) is 18.8. The van der Waals surface area contributed by atoms with Crippen LogP contribution in [0.1, 0.15) is 36.0 Å². The van der Waals surface area contributed by atoms with E-state index >= 15 is 0 Å². The van der Waals surface area contributed by atoms with E-state index in [-0.39, 0.29) is 43.8 Å². The molecule has 174 valence electrons. The third-order valence-corrected chi connectivity index (χ3v) is 6.00. The molecule has 33 heavy (non-hydrogen) atoms. The summed E-state index contributed by atoms with van der Waals surface area (Å²) in [6.07, 6.45) is -3.01. The molecule has 0 aromatic heterocycles. The van der Waals surface area contributed by atoms with Crippen LogP contribution in [0.2, 0.25) is 0 Å². The molecular weight excluding hydrogens is 435 g/mol. The summed E-state index contributed by atoms with van der Waals surface area (Å²) in [5, 5.41) is 2.83. The molecule has 1 N–H and O–H groups in total.